The highest BCUT2D eigenvalue weighted by Gasteiger charge is 2.01. The van der Waals surface area contributed by atoms with Gasteiger partial charge in [-0.15, -0.1) is 0 Å². The van der Waals surface area contributed by atoms with Gasteiger partial charge >= 0.3 is 0 Å². The molecule has 1 amide bonds. The summed E-state index contributed by atoms with van der Waals surface area (Å²) >= 11 is 0. The first-order chi connectivity index (χ1) is 7.76. The molecule has 1 rings (SSSR count). The van der Waals surface area contributed by atoms with Crippen LogP contribution in [-0.2, 0) is 16.0 Å². The molecule has 0 unspecified atom stereocenters. The molecule has 16 heavy (non-hydrogen) atoms. The molecule has 0 saturated carbocycles. The van der Waals surface area contributed by atoms with E-state index in [4.69, 9.17) is 10.00 Å². The van der Waals surface area contributed by atoms with Gasteiger partial charge in [-0.2, -0.15) is 5.26 Å². The Hall–Kier alpha value is -1.86. The fourth-order valence-electron chi connectivity index (χ4n) is 1.19. The van der Waals surface area contributed by atoms with E-state index in [1.807, 2.05) is 19.1 Å². The molecule has 4 nitrogen and oxygen atoms in total. The maximum Gasteiger partial charge on any atom is 0.250 e. The molecule has 84 valence electrons. The molecule has 0 fully saturated rings. The number of carbonyl (C=O) groups excluding carboxylic acids is 1. The molecule has 0 aliphatic rings. The van der Waals surface area contributed by atoms with Crippen LogP contribution in [0.1, 0.15) is 12.5 Å². The summed E-state index contributed by atoms with van der Waals surface area (Å²) in [6, 6.07) is 9.25. The zero-order valence-electron chi connectivity index (χ0n) is 9.19. The van der Waals surface area contributed by atoms with Gasteiger partial charge in [-0.25, -0.2) is 0 Å². The predicted molar refractivity (Wildman–Crippen MR) is 60.9 cm³/mol. The summed E-state index contributed by atoms with van der Waals surface area (Å²) in [4.78, 5) is 11.3. The van der Waals surface area contributed by atoms with Gasteiger partial charge in [-0.1, -0.05) is 12.1 Å². The number of hydrogen-bond acceptors (Lipinski definition) is 3. The second kappa shape index (κ2) is 6.59. The maximum absolute atomic E-state index is 11.3. The molecule has 0 spiro atoms. The maximum atomic E-state index is 11.3. The number of anilines is 1. The highest BCUT2D eigenvalue weighted by molar-refractivity contribution is 5.91. The Balaban J connectivity index is 2.49. The molecule has 0 saturated heterocycles. The topological polar surface area (TPSA) is 62.1 Å². The molecule has 1 aromatic rings. The number of nitrogens with one attached hydrogen (secondary N) is 1. The molecular weight excluding hydrogens is 204 g/mol. The van der Waals surface area contributed by atoms with Gasteiger partial charge in [0.1, 0.15) is 6.61 Å². The van der Waals surface area contributed by atoms with Crippen LogP contribution in [0.25, 0.3) is 0 Å². The summed E-state index contributed by atoms with van der Waals surface area (Å²) < 4.78 is 4.97. The van der Waals surface area contributed by atoms with Crippen LogP contribution in [0.4, 0.5) is 5.69 Å². The van der Waals surface area contributed by atoms with Gasteiger partial charge in [0.25, 0.3) is 0 Å². The van der Waals surface area contributed by atoms with E-state index in [1.54, 1.807) is 12.1 Å². The van der Waals surface area contributed by atoms with Gasteiger partial charge < -0.3 is 10.1 Å². The predicted octanol–water partition coefficient (Wildman–Crippen LogP) is 1.73. The zero-order chi connectivity index (χ0) is 11.8. The highest BCUT2D eigenvalue weighted by atomic mass is 16.5. The van der Waals surface area contributed by atoms with Crippen molar-refractivity contribution in [2.45, 2.75) is 13.3 Å². The zero-order valence-corrected chi connectivity index (χ0v) is 9.19. The summed E-state index contributed by atoms with van der Waals surface area (Å²) in [6.07, 6.45) is 0.382. The van der Waals surface area contributed by atoms with Crippen LogP contribution in [0.15, 0.2) is 24.3 Å². The molecule has 1 aromatic carbocycles. The normalized spacial score (nSPS) is 9.50. The number of nitrogens with zero attached hydrogens (tertiary/aromatic N) is 1. The Kier molecular flexibility index (Phi) is 5.03. The monoisotopic (exact) mass is 218 g/mol. The molecule has 0 aromatic heterocycles. The van der Waals surface area contributed by atoms with Crippen molar-refractivity contribution >= 4 is 11.6 Å². The van der Waals surface area contributed by atoms with Crippen molar-refractivity contribution < 1.29 is 9.53 Å². The summed E-state index contributed by atoms with van der Waals surface area (Å²) in [6.45, 7) is 2.43. The Morgan fingerprint density at radius 2 is 2.12 bits per heavy atom. The van der Waals surface area contributed by atoms with Crippen molar-refractivity contribution in [1.29, 1.82) is 5.26 Å². The number of hydrogen-bond donors (Lipinski definition) is 1. The van der Waals surface area contributed by atoms with E-state index >= 15 is 0 Å². The number of nitriles is 1. The third-order valence-electron chi connectivity index (χ3n) is 1.96. The van der Waals surface area contributed by atoms with Gasteiger partial charge in [0.2, 0.25) is 5.91 Å². The van der Waals surface area contributed by atoms with Gasteiger partial charge in [-0.3, -0.25) is 4.79 Å². The number of carbonyl (C=O) groups is 1. The van der Waals surface area contributed by atoms with Crippen LogP contribution in [-0.4, -0.2) is 19.1 Å². The van der Waals surface area contributed by atoms with Crippen LogP contribution in [0.2, 0.25) is 0 Å². The lowest BCUT2D eigenvalue weighted by Gasteiger charge is -2.05. The van der Waals surface area contributed by atoms with Crippen molar-refractivity contribution in [2.75, 3.05) is 18.5 Å². The minimum atomic E-state index is -0.171. The molecule has 0 heterocycles. The Bertz CT molecular complexity index is 379. The van der Waals surface area contributed by atoms with Crippen molar-refractivity contribution in [1.82, 2.24) is 0 Å². The standard InChI is InChI=1S/C12H14N2O2/c1-2-16-9-12(15)14-11-5-3-10(4-6-11)7-8-13/h3-6H,2,7,9H2,1H3,(H,14,15). The van der Waals surface area contributed by atoms with E-state index in [0.717, 1.165) is 5.56 Å². The molecule has 4 heteroatoms. The molecule has 0 aliphatic carbocycles. The Morgan fingerprint density at radius 1 is 1.44 bits per heavy atom. The van der Waals surface area contributed by atoms with Crippen molar-refractivity contribution in [3.05, 3.63) is 29.8 Å². The van der Waals surface area contributed by atoms with Crippen LogP contribution >= 0.6 is 0 Å². The van der Waals surface area contributed by atoms with E-state index < -0.39 is 0 Å². The fourth-order valence-corrected chi connectivity index (χ4v) is 1.19. The van der Waals surface area contributed by atoms with Crippen LogP contribution in [0.3, 0.4) is 0 Å². The van der Waals surface area contributed by atoms with Gasteiger partial charge in [-0.05, 0) is 24.6 Å². The van der Waals surface area contributed by atoms with E-state index in [1.165, 1.54) is 0 Å². The second-order valence-corrected chi connectivity index (χ2v) is 3.22. The SMILES string of the molecule is CCOCC(=O)Nc1ccc(CC#N)cc1. The first kappa shape index (κ1) is 12.2. The highest BCUT2D eigenvalue weighted by Crippen LogP contribution is 2.09. The van der Waals surface area contributed by atoms with Crippen LogP contribution < -0.4 is 5.32 Å². The quantitative estimate of drug-likeness (QED) is 0.818. The average molecular weight is 218 g/mol. The van der Waals surface area contributed by atoms with Crippen molar-refractivity contribution in [3.8, 4) is 6.07 Å². The minimum absolute atomic E-state index is 0.0659. The molecule has 0 bridgehead atoms. The summed E-state index contributed by atoms with van der Waals surface area (Å²) in [5, 5.41) is 11.2. The van der Waals surface area contributed by atoms with E-state index in [2.05, 4.69) is 11.4 Å². The third kappa shape index (κ3) is 4.11. The van der Waals surface area contributed by atoms with E-state index in [0.29, 0.717) is 18.7 Å². The average Bonchev–Trinajstić information content (AvgIpc) is 2.29. The van der Waals surface area contributed by atoms with Crippen LogP contribution in [0, 0.1) is 11.3 Å². The van der Waals surface area contributed by atoms with E-state index in [-0.39, 0.29) is 12.5 Å². The van der Waals surface area contributed by atoms with Crippen molar-refractivity contribution in [2.24, 2.45) is 0 Å². The first-order valence-electron chi connectivity index (χ1n) is 5.09. The van der Waals surface area contributed by atoms with Crippen LogP contribution in [0.5, 0.6) is 0 Å². The smallest absolute Gasteiger partial charge is 0.250 e. The van der Waals surface area contributed by atoms with E-state index in [9.17, 15) is 4.79 Å². The summed E-state index contributed by atoms with van der Waals surface area (Å²) in [7, 11) is 0. The number of amides is 1. The summed E-state index contributed by atoms with van der Waals surface area (Å²) in [5.41, 5.74) is 1.65. The number of ether oxygens (including phenoxy) is 1. The Morgan fingerprint density at radius 3 is 2.69 bits per heavy atom. The number of benzene rings is 1. The fraction of sp³-hybridized carbons (Fsp3) is 0.333. The lowest BCUT2D eigenvalue weighted by molar-refractivity contribution is -0.120. The lowest BCUT2D eigenvalue weighted by atomic mass is 10.1. The second-order valence-electron chi connectivity index (χ2n) is 3.22. The Labute approximate surface area is 94.8 Å². The summed E-state index contributed by atoms with van der Waals surface area (Å²) in [5.74, 6) is -0.171. The molecule has 0 aliphatic heterocycles. The van der Waals surface area contributed by atoms with Gasteiger partial charge in [0, 0.05) is 12.3 Å². The molecule has 0 radical (unpaired) electrons. The lowest BCUT2D eigenvalue weighted by Crippen LogP contribution is -2.18. The molecule has 0 atom stereocenters. The first-order valence-corrected chi connectivity index (χ1v) is 5.09. The largest absolute Gasteiger partial charge is 0.372 e. The number of rotatable bonds is 5. The van der Waals surface area contributed by atoms with Crippen molar-refractivity contribution in [3.63, 3.8) is 0 Å². The van der Waals surface area contributed by atoms with Gasteiger partial charge in [0.05, 0.1) is 12.5 Å². The minimum Gasteiger partial charge on any atom is -0.372 e. The van der Waals surface area contributed by atoms with Gasteiger partial charge in [0.15, 0.2) is 0 Å². The molecular formula is C12H14N2O2. The third-order valence-corrected chi connectivity index (χ3v) is 1.96. The molecule has 1 N–H and O–H groups in total.